The summed E-state index contributed by atoms with van der Waals surface area (Å²) in [6.07, 6.45) is 4.33. The number of benzene rings is 1. The second kappa shape index (κ2) is 7.34. The smallest absolute Gasteiger partial charge is 0.251 e. The van der Waals surface area contributed by atoms with Crippen LogP contribution >= 0.6 is 0 Å². The minimum atomic E-state index is -0.0658. The first kappa shape index (κ1) is 16.3. The van der Waals surface area contributed by atoms with Crippen molar-refractivity contribution in [3.8, 4) is 0 Å². The van der Waals surface area contributed by atoms with E-state index in [2.05, 4.69) is 15.2 Å². The zero-order valence-corrected chi connectivity index (χ0v) is 14.3. The lowest BCUT2D eigenvalue weighted by Crippen LogP contribution is -2.23. The molecule has 0 atom stereocenters. The van der Waals surface area contributed by atoms with Gasteiger partial charge in [0, 0.05) is 51.2 Å². The summed E-state index contributed by atoms with van der Waals surface area (Å²) in [6.45, 7) is 2.67. The third-order valence-electron chi connectivity index (χ3n) is 4.34. The van der Waals surface area contributed by atoms with Crippen molar-refractivity contribution in [2.75, 3.05) is 37.0 Å². The summed E-state index contributed by atoms with van der Waals surface area (Å²) in [7, 11) is 3.96. The van der Waals surface area contributed by atoms with Crippen molar-refractivity contribution in [1.29, 1.82) is 0 Å². The Morgan fingerprint density at radius 3 is 2.42 bits per heavy atom. The Morgan fingerprint density at radius 1 is 1.12 bits per heavy atom. The number of nitrogens with zero attached hydrogens (tertiary/aromatic N) is 3. The molecule has 1 saturated heterocycles. The van der Waals surface area contributed by atoms with Gasteiger partial charge in [-0.1, -0.05) is 6.07 Å². The summed E-state index contributed by atoms with van der Waals surface area (Å²) in [4.78, 5) is 21.0. The van der Waals surface area contributed by atoms with Crippen LogP contribution in [-0.2, 0) is 6.54 Å². The van der Waals surface area contributed by atoms with Gasteiger partial charge in [0.05, 0.1) is 0 Å². The average molecular weight is 324 g/mol. The summed E-state index contributed by atoms with van der Waals surface area (Å²) >= 11 is 0. The van der Waals surface area contributed by atoms with E-state index in [0.717, 1.165) is 30.2 Å². The number of hydrogen-bond acceptors (Lipinski definition) is 4. The number of carbonyl (C=O) groups is 1. The molecule has 1 aromatic carbocycles. The second-order valence-electron chi connectivity index (χ2n) is 6.34. The highest BCUT2D eigenvalue weighted by atomic mass is 16.1. The van der Waals surface area contributed by atoms with Crippen molar-refractivity contribution in [3.63, 3.8) is 0 Å². The van der Waals surface area contributed by atoms with E-state index in [1.807, 2.05) is 61.6 Å². The minimum absolute atomic E-state index is 0.0658. The Kier molecular flexibility index (Phi) is 4.99. The van der Waals surface area contributed by atoms with Crippen molar-refractivity contribution in [2.45, 2.75) is 19.4 Å². The van der Waals surface area contributed by atoms with Gasteiger partial charge in [-0.05, 0) is 48.7 Å². The van der Waals surface area contributed by atoms with Crippen molar-refractivity contribution < 1.29 is 4.79 Å². The molecule has 0 spiro atoms. The van der Waals surface area contributed by atoms with Crippen molar-refractivity contribution >= 4 is 17.4 Å². The van der Waals surface area contributed by atoms with Crippen LogP contribution in [0.3, 0.4) is 0 Å². The molecule has 3 rings (SSSR count). The van der Waals surface area contributed by atoms with E-state index in [0.29, 0.717) is 12.1 Å². The predicted octanol–water partition coefficient (Wildman–Crippen LogP) is 2.68. The third-order valence-corrected chi connectivity index (χ3v) is 4.34. The Morgan fingerprint density at radius 2 is 1.83 bits per heavy atom. The largest absolute Gasteiger partial charge is 0.378 e. The van der Waals surface area contributed by atoms with Gasteiger partial charge in [0.1, 0.15) is 5.82 Å². The molecule has 126 valence electrons. The Hall–Kier alpha value is -2.56. The van der Waals surface area contributed by atoms with E-state index in [-0.39, 0.29) is 5.91 Å². The molecule has 1 aromatic heterocycles. The molecule has 1 aliphatic heterocycles. The van der Waals surface area contributed by atoms with Crippen LogP contribution in [0.15, 0.2) is 42.6 Å². The van der Waals surface area contributed by atoms with Crippen LogP contribution in [0.5, 0.6) is 0 Å². The van der Waals surface area contributed by atoms with Gasteiger partial charge in [0.25, 0.3) is 5.91 Å². The maximum Gasteiger partial charge on any atom is 0.251 e. The number of amides is 1. The fourth-order valence-corrected chi connectivity index (χ4v) is 2.85. The first-order valence-corrected chi connectivity index (χ1v) is 8.39. The molecule has 1 fully saturated rings. The lowest BCUT2D eigenvalue weighted by atomic mass is 10.2. The number of anilines is 2. The van der Waals surface area contributed by atoms with Crippen LogP contribution in [-0.4, -0.2) is 38.1 Å². The molecular formula is C19H24N4O. The van der Waals surface area contributed by atoms with Gasteiger partial charge in [0.2, 0.25) is 0 Å². The maximum absolute atomic E-state index is 12.2. The summed E-state index contributed by atoms with van der Waals surface area (Å²) < 4.78 is 0. The molecule has 1 N–H and O–H groups in total. The van der Waals surface area contributed by atoms with Gasteiger partial charge in [-0.3, -0.25) is 4.79 Å². The van der Waals surface area contributed by atoms with E-state index in [1.165, 1.54) is 12.8 Å². The number of aromatic nitrogens is 1. The van der Waals surface area contributed by atoms with Gasteiger partial charge < -0.3 is 15.1 Å². The molecule has 0 unspecified atom stereocenters. The molecule has 0 aliphatic carbocycles. The lowest BCUT2D eigenvalue weighted by Gasteiger charge is -2.16. The number of carbonyl (C=O) groups excluding carboxylic acids is 1. The third kappa shape index (κ3) is 3.85. The van der Waals surface area contributed by atoms with Crippen LogP contribution in [0.1, 0.15) is 28.8 Å². The van der Waals surface area contributed by atoms with Gasteiger partial charge in [0.15, 0.2) is 0 Å². The fourth-order valence-electron chi connectivity index (χ4n) is 2.85. The van der Waals surface area contributed by atoms with Crippen LogP contribution in [0.25, 0.3) is 0 Å². The lowest BCUT2D eigenvalue weighted by molar-refractivity contribution is 0.0951. The van der Waals surface area contributed by atoms with Crippen molar-refractivity contribution in [3.05, 3.63) is 53.7 Å². The Bertz CT molecular complexity index is 674. The van der Waals surface area contributed by atoms with E-state index in [9.17, 15) is 4.79 Å². The highest BCUT2D eigenvalue weighted by Gasteiger charge is 2.13. The molecule has 2 aromatic rings. The highest BCUT2D eigenvalue weighted by molar-refractivity contribution is 5.94. The zero-order chi connectivity index (χ0) is 16.9. The van der Waals surface area contributed by atoms with Gasteiger partial charge in [-0.25, -0.2) is 4.98 Å². The van der Waals surface area contributed by atoms with Gasteiger partial charge in [-0.15, -0.1) is 0 Å². The number of pyridine rings is 1. The molecule has 1 aliphatic rings. The van der Waals surface area contributed by atoms with Gasteiger partial charge >= 0.3 is 0 Å². The molecule has 0 bridgehead atoms. The monoisotopic (exact) mass is 324 g/mol. The average Bonchev–Trinajstić information content (AvgIpc) is 3.15. The van der Waals surface area contributed by atoms with Crippen molar-refractivity contribution in [2.24, 2.45) is 0 Å². The van der Waals surface area contributed by atoms with Crippen LogP contribution in [0.2, 0.25) is 0 Å². The van der Waals surface area contributed by atoms with E-state index in [1.54, 1.807) is 0 Å². The zero-order valence-electron chi connectivity index (χ0n) is 14.3. The summed E-state index contributed by atoms with van der Waals surface area (Å²) in [6, 6.07) is 11.7. The molecule has 24 heavy (non-hydrogen) atoms. The SMILES string of the molecule is CN(C)c1ccc(C(=O)NCc2ccc(N3CCCC3)nc2)cc1. The molecule has 5 heteroatoms. The normalized spacial score (nSPS) is 13.8. The number of nitrogens with one attached hydrogen (secondary N) is 1. The molecule has 2 heterocycles. The van der Waals surface area contributed by atoms with Crippen LogP contribution in [0.4, 0.5) is 11.5 Å². The standard InChI is InChI=1S/C19H24N4O/c1-22(2)17-8-6-16(7-9-17)19(24)21-14-15-5-10-18(20-13-15)23-11-3-4-12-23/h5-10,13H,3-4,11-12,14H2,1-2H3,(H,21,24). The highest BCUT2D eigenvalue weighted by Crippen LogP contribution is 2.17. The minimum Gasteiger partial charge on any atom is -0.378 e. The predicted molar refractivity (Wildman–Crippen MR) is 97.6 cm³/mol. The van der Waals surface area contributed by atoms with Crippen LogP contribution < -0.4 is 15.1 Å². The van der Waals surface area contributed by atoms with Crippen LogP contribution in [0, 0.1) is 0 Å². The Labute approximate surface area is 143 Å². The van der Waals surface area contributed by atoms with E-state index >= 15 is 0 Å². The quantitative estimate of drug-likeness (QED) is 0.919. The molecule has 5 nitrogen and oxygen atoms in total. The molecule has 1 amide bonds. The molecule has 0 radical (unpaired) electrons. The van der Waals surface area contributed by atoms with Gasteiger partial charge in [-0.2, -0.15) is 0 Å². The first-order chi connectivity index (χ1) is 11.6. The molecule has 0 saturated carbocycles. The second-order valence-corrected chi connectivity index (χ2v) is 6.34. The van der Waals surface area contributed by atoms with E-state index in [4.69, 9.17) is 0 Å². The fraction of sp³-hybridized carbons (Fsp3) is 0.368. The summed E-state index contributed by atoms with van der Waals surface area (Å²) in [5, 5.41) is 2.95. The maximum atomic E-state index is 12.2. The molecular weight excluding hydrogens is 300 g/mol. The topological polar surface area (TPSA) is 48.5 Å². The summed E-state index contributed by atoms with van der Waals surface area (Å²) in [5.74, 6) is 0.964. The number of rotatable bonds is 5. The summed E-state index contributed by atoms with van der Waals surface area (Å²) in [5.41, 5.74) is 2.76. The van der Waals surface area contributed by atoms with Crippen molar-refractivity contribution in [1.82, 2.24) is 10.3 Å². The Balaban J connectivity index is 1.55. The van der Waals surface area contributed by atoms with E-state index < -0.39 is 0 Å². The number of hydrogen-bond donors (Lipinski definition) is 1. The first-order valence-electron chi connectivity index (χ1n) is 8.39.